The van der Waals surface area contributed by atoms with Crippen LogP contribution in [-0.4, -0.2) is 16.7 Å². The van der Waals surface area contributed by atoms with Crippen LogP contribution in [0.3, 0.4) is 0 Å². The van der Waals surface area contributed by atoms with Crippen molar-refractivity contribution in [2.45, 2.75) is 39.2 Å². The highest BCUT2D eigenvalue weighted by molar-refractivity contribution is 6.30. The van der Waals surface area contributed by atoms with E-state index >= 15 is 0 Å². The van der Waals surface area contributed by atoms with E-state index in [-0.39, 0.29) is 0 Å². The Hall–Kier alpha value is -1.22. The summed E-state index contributed by atoms with van der Waals surface area (Å²) in [6, 6.07) is 5.16. The molecular formula is C13H17ClO3. The third kappa shape index (κ3) is 2.91. The smallest absolute Gasteiger partial charge is 0.348 e. The standard InChI is InChI=1S/C13H17ClO3/c1-4-13(5-2,12(15)16)17-11-7-6-10(14)8-9(11)3/h6-8H,4-5H2,1-3H3,(H,15,16). The van der Waals surface area contributed by atoms with Gasteiger partial charge in [0, 0.05) is 5.02 Å². The minimum atomic E-state index is -1.15. The Morgan fingerprint density at radius 1 is 1.41 bits per heavy atom. The van der Waals surface area contributed by atoms with Gasteiger partial charge in [-0.15, -0.1) is 0 Å². The molecule has 0 unspecified atom stereocenters. The summed E-state index contributed by atoms with van der Waals surface area (Å²) < 4.78 is 5.69. The number of benzene rings is 1. The Kier molecular flexibility index (Phi) is 4.40. The summed E-state index contributed by atoms with van der Waals surface area (Å²) in [5.41, 5.74) is -0.316. The predicted octanol–water partition coefficient (Wildman–Crippen LogP) is 3.67. The fourth-order valence-electron chi connectivity index (χ4n) is 1.68. The van der Waals surface area contributed by atoms with Crippen molar-refractivity contribution in [3.05, 3.63) is 28.8 Å². The van der Waals surface area contributed by atoms with E-state index in [9.17, 15) is 9.90 Å². The molecule has 0 fully saturated rings. The minimum absolute atomic E-state index is 0.418. The maximum absolute atomic E-state index is 11.3. The molecule has 1 aromatic carbocycles. The summed E-state index contributed by atoms with van der Waals surface area (Å²) in [4.78, 5) is 11.3. The van der Waals surface area contributed by atoms with Crippen LogP contribution >= 0.6 is 11.6 Å². The Labute approximate surface area is 106 Å². The quantitative estimate of drug-likeness (QED) is 0.874. The van der Waals surface area contributed by atoms with Crippen LogP contribution in [0.25, 0.3) is 0 Å². The van der Waals surface area contributed by atoms with Crippen molar-refractivity contribution in [2.24, 2.45) is 0 Å². The number of halogens is 1. The third-order valence-corrected chi connectivity index (χ3v) is 3.21. The maximum atomic E-state index is 11.3. The lowest BCUT2D eigenvalue weighted by Gasteiger charge is -2.28. The second kappa shape index (κ2) is 5.41. The van der Waals surface area contributed by atoms with Crippen LogP contribution < -0.4 is 4.74 Å². The number of carbonyl (C=O) groups is 1. The van der Waals surface area contributed by atoms with Gasteiger partial charge in [0.2, 0.25) is 5.60 Å². The highest BCUT2D eigenvalue weighted by atomic mass is 35.5. The molecule has 4 heteroatoms. The Bertz CT molecular complexity index is 411. The van der Waals surface area contributed by atoms with Gasteiger partial charge in [-0.25, -0.2) is 4.79 Å². The SMILES string of the molecule is CCC(CC)(Oc1ccc(Cl)cc1C)C(=O)O. The molecule has 0 aliphatic heterocycles. The molecule has 0 saturated carbocycles. The molecule has 0 spiro atoms. The molecule has 0 bridgehead atoms. The molecule has 17 heavy (non-hydrogen) atoms. The number of hydrogen-bond donors (Lipinski definition) is 1. The van der Waals surface area contributed by atoms with E-state index < -0.39 is 11.6 Å². The first kappa shape index (κ1) is 13.8. The van der Waals surface area contributed by atoms with Gasteiger partial charge in [-0.05, 0) is 43.5 Å². The van der Waals surface area contributed by atoms with Gasteiger partial charge in [-0.2, -0.15) is 0 Å². The van der Waals surface area contributed by atoms with Gasteiger partial charge in [0.15, 0.2) is 0 Å². The molecule has 0 saturated heterocycles. The summed E-state index contributed by atoms with van der Waals surface area (Å²) in [6.45, 7) is 5.46. The lowest BCUT2D eigenvalue weighted by atomic mass is 9.97. The van der Waals surface area contributed by atoms with Gasteiger partial charge >= 0.3 is 5.97 Å². The van der Waals surface area contributed by atoms with Gasteiger partial charge in [-0.1, -0.05) is 25.4 Å². The first-order valence-corrected chi connectivity index (χ1v) is 6.01. The zero-order valence-corrected chi connectivity index (χ0v) is 11.0. The van der Waals surface area contributed by atoms with E-state index in [1.165, 1.54) is 0 Å². The Balaban J connectivity index is 3.05. The molecule has 94 valence electrons. The van der Waals surface area contributed by atoms with Crippen molar-refractivity contribution in [1.82, 2.24) is 0 Å². The molecular weight excluding hydrogens is 240 g/mol. The first-order chi connectivity index (χ1) is 7.95. The maximum Gasteiger partial charge on any atom is 0.348 e. The van der Waals surface area contributed by atoms with Crippen molar-refractivity contribution < 1.29 is 14.6 Å². The van der Waals surface area contributed by atoms with Crippen molar-refractivity contribution in [3.8, 4) is 5.75 Å². The summed E-state index contributed by atoms with van der Waals surface area (Å²) >= 11 is 5.85. The van der Waals surface area contributed by atoms with E-state index in [1.54, 1.807) is 18.2 Å². The van der Waals surface area contributed by atoms with E-state index in [1.807, 2.05) is 20.8 Å². The topological polar surface area (TPSA) is 46.5 Å². The molecule has 0 radical (unpaired) electrons. The van der Waals surface area contributed by atoms with Crippen molar-refractivity contribution in [1.29, 1.82) is 0 Å². The average Bonchev–Trinajstić information content (AvgIpc) is 2.28. The number of aryl methyl sites for hydroxylation is 1. The van der Waals surface area contributed by atoms with Gasteiger partial charge in [0.05, 0.1) is 0 Å². The molecule has 0 heterocycles. The third-order valence-electron chi connectivity index (χ3n) is 2.97. The lowest BCUT2D eigenvalue weighted by molar-refractivity contribution is -0.156. The van der Waals surface area contributed by atoms with Crippen LogP contribution in [0.15, 0.2) is 18.2 Å². The van der Waals surface area contributed by atoms with E-state index in [0.717, 1.165) is 5.56 Å². The van der Waals surface area contributed by atoms with Crippen LogP contribution in [0.4, 0.5) is 0 Å². The number of aliphatic carboxylic acids is 1. The van der Waals surface area contributed by atoms with Crippen molar-refractivity contribution >= 4 is 17.6 Å². The zero-order chi connectivity index (χ0) is 13.1. The molecule has 1 rings (SSSR count). The monoisotopic (exact) mass is 256 g/mol. The molecule has 0 aliphatic carbocycles. The predicted molar refractivity (Wildman–Crippen MR) is 67.8 cm³/mol. The Morgan fingerprint density at radius 3 is 2.41 bits per heavy atom. The molecule has 3 nitrogen and oxygen atoms in total. The van der Waals surface area contributed by atoms with Gasteiger partial charge in [0.25, 0.3) is 0 Å². The molecule has 0 aromatic heterocycles. The van der Waals surface area contributed by atoms with Gasteiger partial charge in [0.1, 0.15) is 5.75 Å². The number of carboxylic acids is 1. The number of rotatable bonds is 5. The first-order valence-electron chi connectivity index (χ1n) is 5.63. The normalized spacial score (nSPS) is 11.3. The fraction of sp³-hybridized carbons (Fsp3) is 0.462. The van der Waals surface area contributed by atoms with Crippen LogP contribution in [-0.2, 0) is 4.79 Å². The van der Waals surface area contributed by atoms with E-state index in [0.29, 0.717) is 23.6 Å². The highest BCUT2D eigenvalue weighted by Crippen LogP contribution is 2.29. The number of hydrogen-bond acceptors (Lipinski definition) is 2. The van der Waals surface area contributed by atoms with Crippen LogP contribution in [0.2, 0.25) is 5.02 Å². The Morgan fingerprint density at radius 2 is 2.00 bits per heavy atom. The molecule has 0 amide bonds. The van der Waals surface area contributed by atoms with Crippen LogP contribution in [0.1, 0.15) is 32.3 Å². The highest BCUT2D eigenvalue weighted by Gasteiger charge is 2.37. The van der Waals surface area contributed by atoms with Gasteiger partial charge in [-0.3, -0.25) is 0 Å². The number of ether oxygens (including phenoxy) is 1. The molecule has 1 aromatic rings. The van der Waals surface area contributed by atoms with E-state index in [4.69, 9.17) is 16.3 Å². The summed E-state index contributed by atoms with van der Waals surface area (Å²) in [7, 11) is 0. The zero-order valence-electron chi connectivity index (χ0n) is 10.3. The summed E-state index contributed by atoms with van der Waals surface area (Å²) in [5.74, 6) is -0.364. The fourth-order valence-corrected chi connectivity index (χ4v) is 1.90. The summed E-state index contributed by atoms with van der Waals surface area (Å²) in [5, 5.41) is 9.89. The number of carboxylic acid groups (broad SMARTS) is 1. The summed E-state index contributed by atoms with van der Waals surface area (Å²) in [6.07, 6.45) is 0.835. The second-order valence-electron chi connectivity index (χ2n) is 4.02. The van der Waals surface area contributed by atoms with Gasteiger partial charge < -0.3 is 9.84 Å². The lowest BCUT2D eigenvalue weighted by Crippen LogP contribution is -2.43. The molecule has 1 N–H and O–H groups in total. The largest absolute Gasteiger partial charge is 0.478 e. The molecule has 0 atom stereocenters. The minimum Gasteiger partial charge on any atom is -0.478 e. The molecule has 0 aliphatic rings. The van der Waals surface area contributed by atoms with E-state index in [2.05, 4.69) is 0 Å². The second-order valence-corrected chi connectivity index (χ2v) is 4.45. The van der Waals surface area contributed by atoms with Crippen molar-refractivity contribution in [3.63, 3.8) is 0 Å². The van der Waals surface area contributed by atoms with Crippen molar-refractivity contribution in [2.75, 3.05) is 0 Å². The average molecular weight is 257 g/mol. The van der Waals surface area contributed by atoms with Crippen LogP contribution in [0.5, 0.6) is 5.75 Å². The van der Waals surface area contributed by atoms with Crippen LogP contribution in [0, 0.1) is 6.92 Å².